The van der Waals surface area contributed by atoms with Gasteiger partial charge in [-0.1, -0.05) is 13.8 Å². The van der Waals surface area contributed by atoms with Crippen molar-refractivity contribution in [2.24, 2.45) is 5.92 Å². The van der Waals surface area contributed by atoms with Crippen LogP contribution in [-0.2, 0) is 16.6 Å². The van der Waals surface area contributed by atoms with E-state index in [2.05, 4.69) is 28.9 Å². The molecular weight excluding hydrogens is 276 g/mol. The maximum atomic E-state index is 12.0. The Morgan fingerprint density at radius 3 is 2.50 bits per heavy atom. The molecule has 0 unspecified atom stereocenters. The normalized spacial score (nSPS) is 13.1. The standard InChI is InChI=1S/C13H26N4O2S/c1-11(2)8-17-9-12(14-10-17)20(18,19)16-7-6-15-13(3,4)5/h9-11,15-16H,6-8H2,1-5H3. The summed E-state index contributed by atoms with van der Waals surface area (Å²) in [5, 5.41) is 3.30. The lowest BCUT2D eigenvalue weighted by Gasteiger charge is -2.20. The quantitative estimate of drug-likeness (QED) is 0.742. The maximum absolute atomic E-state index is 12.0. The molecule has 0 aliphatic heterocycles. The van der Waals surface area contributed by atoms with Crippen molar-refractivity contribution in [2.75, 3.05) is 13.1 Å². The highest BCUT2D eigenvalue weighted by Gasteiger charge is 2.17. The van der Waals surface area contributed by atoms with Gasteiger partial charge >= 0.3 is 0 Å². The van der Waals surface area contributed by atoms with Crippen LogP contribution in [0.2, 0.25) is 0 Å². The fraction of sp³-hybridized carbons (Fsp3) is 0.769. The van der Waals surface area contributed by atoms with Crippen molar-refractivity contribution in [1.29, 1.82) is 0 Å². The molecule has 0 spiro atoms. The van der Waals surface area contributed by atoms with Crippen LogP contribution in [0.4, 0.5) is 0 Å². The predicted octanol–water partition coefficient (Wildman–Crippen LogP) is 1.21. The largest absolute Gasteiger partial charge is 0.336 e. The van der Waals surface area contributed by atoms with Gasteiger partial charge in [0.1, 0.15) is 0 Å². The van der Waals surface area contributed by atoms with Crippen LogP contribution >= 0.6 is 0 Å². The van der Waals surface area contributed by atoms with E-state index in [-0.39, 0.29) is 10.6 Å². The van der Waals surface area contributed by atoms with Crippen molar-refractivity contribution in [2.45, 2.75) is 51.7 Å². The summed E-state index contributed by atoms with van der Waals surface area (Å²) < 4.78 is 28.4. The van der Waals surface area contributed by atoms with E-state index in [4.69, 9.17) is 0 Å². The first kappa shape index (κ1) is 17.1. The molecule has 6 nitrogen and oxygen atoms in total. The Morgan fingerprint density at radius 1 is 1.30 bits per heavy atom. The first-order valence-corrected chi connectivity index (χ1v) is 8.35. The molecule has 0 saturated heterocycles. The predicted molar refractivity (Wildman–Crippen MR) is 80.0 cm³/mol. The van der Waals surface area contributed by atoms with Gasteiger partial charge in [-0.2, -0.15) is 0 Å². The molecule has 0 fully saturated rings. The molecule has 7 heteroatoms. The second kappa shape index (κ2) is 6.69. The van der Waals surface area contributed by atoms with Crippen LogP contribution in [0.25, 0.3) is 0 Å². The third-order valence-electron chi connectivity index (χ3n) is 2.53. The van der Waals surface area contributed by atoms with Crippen LogP contribution in [-0.4, -0.2) is 36.6 Å². The van der Waals surface area contributed by atoms with Crippen molar-refractivity contribution in [3.05, 3.63) is 12.5 Å². The minimum absolute atomic E-state index is 0.0235. The number of nitrogens with one attached hydrogen (secondary N) is 2. The van der Waals surface area contributed by atoms with Gasteiger partial charge in [0.15, 0.2) is 5.03 Å². The third kappa shape index (κ3) is 6.02. The van der Waals surface area contributed by atoms with Gasteiger partial charge in [0.05, 0.1) is 6.33 Å². The van der Waals surface area contributed by atoms with E-state index in [1.807, 2.05) is 20.8 Å². The molecule has 0 saturated carbocycles. The third-order valence-corrected chi connectivity index (χ3v) is 3.88. The first-order valence-electron chi connectivity index (χ1n) is 6.86. The van der Waals surface area contributed by atoms with E-state index in [9.17, 15) is 8.42 Å². The van der Waals surface area contributed by atoms with E-state index in [0.29, 0.717) is 19.0 Å². The summed E-state index contributed by atoms with van der Waals surface area (Å²) in [5.41, 5.74) is -0.0235. The Hall–Kier alpha value is -0.920. The van der Waals surface area contributed by atoms with Crippen molar-refractivity contribution in [1.82, 2.24) is 19.6 Å². The Kier molecular flexibility index (Phi) is 5.73. The Labute approximate surface area is 122 Å². The molecule has 1 heterocycles. The molecule has 20 heavy (non-hydrogen) atoms. The minimum Gasteiger partial charge on any atom is -0.336 e. The number of rotatable bonds is 7. The van der Waals surface area contributed by atoms with Crippen molar-refractivity contribution < 1.29 is 8.42 Å². The van der Waals surface area contributed by atoms with E-state index < -0.39 is 10.0 Å². The van der Waals surface area contributed by atoms with Gasteiger partial charge in [0, 0.05) is 31.4 Å². The SMILES string of the molecule is CC(C)Cn1cnc(S(=O)(=O)NCCNC(C)(C)C)c1. The van der Waals surface area contributed by atoms with Crippen LogP contribution in [0.3, 0.4) is 0 Å². The molecule has 0 amide bonds. The van der Waals surface area contributed by atoms with E-state index in [1.165, 1.54) is 0 Å². The van der Waals surface area contributed by atoms with Gasteiger partial charge in [-0.05, 0) is 26.7 Å². The number of nitrogens with zero attached hydrogens (tertiary/aromatic N) is 2. The molecule has 116 valence electrons. The summed E-state index contributed by atoms with van der Waals surface area (Å²) in [6, 6.07) is 0. The number of sulfonamides is 1. The van der Waals surface area contributed by atoms with Crippen LogP contribution in [0.5, 0.6) is 0 Å². The van der Waals surface area contributed by atoms with Crippen molar-refractivity contribution in [3.8, 4) is 0 Å². The highest BCUT2D eigenvalue weighted by molar-refractivity contribution is 7.89. The molecule has 0 aliphatic carbocycles. The lowest BCUT2D eigenvalue weighted by molar-refractivity contribution is 0.428. The Bertz CT molecular complexity index is 515. The van der Waals surface area contributed by atoms with E-state index >= 15 is 0 Å². The van der Waals surface area contributed by atoms with Crippen LogP contribution in [0, 0.1) is 5.92 Å². The molecule has 0 aromatic carbocycles. The van der Waals surface area contributed by atoms with Gasteiger partial charge in [-0.25, -0.2) is 18.1 Å². The van der Waals surface area contributed by atoms with Crippen molar-refractivity contribution >= 4 is 10.0 Å². The van der Waals surface area contributed by atoms with Gasteiger partial charge in [0.25, 0.3) is 10.0 Å². The lowest BCUT2D eigenvalue weighted by atomic mass is 10.1. The van der Waals surface area contributed by atoms with Crippen LogP contribution in [0.15, 0.2) is 17.6 Å². The second-order valence-corrected chi connectivity index (χ2v) is 8.09. The lowest BCUT2D eigenvalue weighted by Crippen LogP contribution is -2.41. The van der Waals surface area contributed by atoms with Crippen molar-refractivity contribution in [3.63, 3.8) is 0 Å². The summed E-state index contributed by atoms with van der Waals surface area (Å²) in [6.07, 6.45) is 3.13. The zero-order chi connectivity index (χ0) is 15.4. The van der Waals surface area contributed by atoms with Crippen LogP contribution in [0.1, 0.15) is 34.6 Å². The fourth-order valence-corrected chi connectivity index (χ4v) is 2.68. The number of hydrogen-bond acceptors (Lipinski definition) is 4. The number of aromatic nitrogens is 2. The average molecular weight is 302 g/mol. The molecule has 1 rings (SSSR count). The highest BCUT2D eigenvalue weighted by Crippen LogP contribution is 2.07. The number of hydrogen-bond donors (Lipinski definition) is 2. The zero-order valence-electron chi connectivity index (χ0n) is 13.0. The van der Waals surface area contributed by atoms with E-state index in [1.54, 1.807) is 17.1 Å². The van der Waals surface area contributed by atoms with Gasteiger partial charge < -0.3 is 9.88 Å². The molecule has 1 aromatic rings. The summed E-state index contributed by atoms with van der Waals surface area (Å²) in [5.74, 6) is 0.448. The minimum atomic E-state index is -3.51. The highest BCUT2D eigenvalue weighted by atomic mass is 32.2. The molecule has 2 N–H and O–H groups in total. The summed E-state index contributed by atoms with van der Waals surface area (Å²) in [6.45, 7) is 11.9. The first-order chi connectivity index (χ1) is 9.10. The van der Waals surface area contributed by atoms with Gasteiger partial charge in [0.2, 0.25) is 0 Å². The second-order valence-electron chi connectivity index (χ2n) is 6.38. The van der Waals surface area contributed by atoms with Gasteiger partial charge in [-0.3, -0.25) is 0 Å². The molecule has 0 bridgehead atoms. The monoisotopic (exact) mass is 302 g/mol. The fourth-order valence-electron chi connectivity index (χ4n) is 1.70. The number of imidazole rings is 1. The zero-order valence-corrected chi connectivity index (χ0v) is 13.8. The maximum Gasteiger partial charge on any atom is 0.259 e. The molecule has 1 aromatic heterocycles. The van der Waals surface area contributed by atoms with Crippen LogP contribution < -0.4 is 10.0 Å². The average Bonchev–Trinajstić information content (AvgIpc) is 2.71. The molecule has 0 aliphatic rings. The summed E-state index contributed by atoms with van der Waals surface area (Å²) in [7, 11) is -3.51. The summed E-state index contributed by atoms with van der Waals surface area (Å²) >= 11 is 0. The Morgan fingerprint density at radius 2 is 1.95 bits per heavy atom. The van der Waals surface area contributed by atoms with Gasteiger partial charge in [-0.15, -0.1) is 0 Å². The van der Waals surface area contributed by atoms with E-state index in [0.717, 1.165) is 6.54 Å². The molecule has 0 atom stereocenters. The molecule has 0 radical (unpaired) electrons. The summed E-state index contributed by atoms with van der Waals surface area (Å²) in [4.78, 5) is 3.96. The Balaban J connectivity index is 2.54. The molecular formula is C13H26N4O2S. The topological polar surface area (TPSA) is 76.0 Å². The smallest absolute Gasteiger partial charge is 0.259 e.